The predicted molar refractivity (Wildman–Crippen MR) is 90.9 cm³/mol. The number of amides is 1. The van der Waals surface area contributed by atoms with E-state index < -0.39 is 5.60 Å². The van der Waals surface area contributed by atoms with Crippen LogP contribution in [0.1, 0.15) is 40.7 Å². The number of halogens is 1. The number of hydrogen-bond donors (Lipinski definition) is 0. The highest BCUT2D eigenvalue weighted by Crippen LogP contribution is 2.43. The SMILES string of the molecule is COCC(=O)N1CCC2(CC1)CC(=O)c1c(cc(C)c(Cl)c1C)O2. The van der Waals surface area contributed by atoms with Gasteiger partial charge in [-0.2, -0.15) is 0 Å². The van der Waals surface area contributed by atoms with E-state index in [1.165, 1.54) is 7.11 Å². The Hall–Kier alpha value is -1.59. The van der Waals surface area contributed by atoms with Crippen molar-refractivity contribution in [3.05, 3.63) is 27.8 Å². The van der Waals surface area contributed by atoms with Gasteiger partial charge in [-0.1, -0.05) is 11.6 Å². The zero-order valence-corrected chi connectivity index (χ0v) is 15.0. The molecule has 0 aromatic heterocycles. The average Bonchev–Trinajstić information content (AvgIpc) is 2.53. The summed E-state index contributed by atoms with van der Waals surface area (Å²) in [5, 5.41) is 0.627. The minimum absolute atomic E-state index is 0.0200. The summed E-state index contributed by atoms with van der Waals surface area (Å²) < 4.78 is 11.2. The minimum Gasteiger partial charge on any atom is -0.486 e. The first-order valence-corrected chi connectivity index (χ1v) is 8.53. The van der Waals surface area contributed by atoms with E-state index >= 15 is 0 Å². The molecule has 2 heterocycles. The Bertz CT molecular complexity index is 693. The van der Waals surface area contributed by atoms with Crippen LogP contribution in [0, 0.1) is 13.8 Å². The standard InChI is InChI=1S/C18H22ClNO4/c1-11-8-14-16(12(2)17(11)19)13(21)9-18(24-14)4-6-20(7-5-18)15(22)10-23-3/h8H,4-7,9-10H2,1-3H3. The van der Waals surface area contributed by atoms with Crippen molar-refractivity contribution in [1.29, 1.82) is 0 Å². The number of likely N-dealkylation sites (tertiary alicyclic amines) is 1. The molecule has 2 aliphatic rings. The molecule has 1 aromatic carbocycles. The molecular formula is C18H22ClNO4. The molecule has 0 radical (unpaired) electrons. The van der Waals surface area contributed by atoms with Crippen LogP contribution in [0.4, 0.5) is 0 Å². The minimum atomic E-state index is -0.513. The highest BCUT2D eigenvalue weighted by Gasteiger charge is 2.44. The van der Waals surface area contributed by atoms with Crippen molar-refractivity contribution in [2.75, 3.05) is 26.8 Å². The smallest absolute Gasteiger partial charge is 0.248 e. The van der Waals surface area contributed by atoms with Gasteiger partial charge in [0.15, 0.2) is 5.78 Å². The van der Waals surface area contributed by atoms with Crippen LogP contribution in [0.25, 0.3) is 0 Å². The van der Waals surface area contributed by atoms with Crippen molar-refractivity contribution < 1.29 is 19.1 Å². The summed E-state index contributed by atoms with van der Waals surface area (Å²) >= 11 is 6.28. The summed E-state index contributed by atoms with van der Waals surface area (Å²) in [4.78, 5) is 26.4. The zero-order chi connectivity index (χ0) is 17.5. The molecule has 0 aliphatic carbocycles. The molecule has 1 spiro atoms. The van der Waals surface area contributed by atoms with Gasteiger partial charge in [-0.3, -0.25) is 9.59 Å². The average molecular weight is 352 g/mol. The summed E-state index contributed by atoms with van der Waals surface area (Å²) in [6.45, 7) is 5.02. The number of ether oxygens (including phenoxy) is 2. The summed E-state index contributed by atoms with van der Waals surface area (Å²) in [6, 6.07) is 1.85. The maximum Gasteiger partial charge on any atom is 0.248 e. The lowest BCUT2D eigenvalue weighted by atomic mass is 9.81. The highest BCUT2D eigenvalue weighted by molar-refractivity contribution is 6.32. The van der Waals surface area contributed by atoms with E-state index in [0.717, 1.165) is 11.1 Å². The lowest BCUT2D eigenvalue weighted by Crippen LogP contribution is -2.52. The molecule has 1 fully saturated rings. The third kappa shape index (κ3) is 2.91. The Labute approximate surface area is 146 Å². The second kappa shape index (κ2) is 6.37. The van der Waals surface area contributed by atoms with Gasteiger partial charge in [-0.05, 0) is 31.0 Å². The van der Waals surface area contributed by atoms with Gasteiger partial charge in [-0.15, -0.1) is 0 Å². The zero-order valence-electron chi connectivity index (χ0n) is 14.3. The number of benzene rings is 1. The van der Waals surface area contributed by atoms with Gasteiger partial charge < -0.3 is 14.4 Å². The molecule has 3 rings (SSSR count). The number of Topliss-reactive ketones (excluding diaryl/α,β-unsaturated/α-hetero) is 1. The quantitative estimate of drug-likeness (QED) is 0.822. The second-order valence-electron chi connectivity index (χ2n) is 6.70. The summed E-state index contributed by atoms with van der Waals surface area (Å²) in [5.41, 5.74) is 1.79. The molecule has 1 saturated heterocycles. The molecule has 1 aromatic rings. The van der Waals surface area contributed by atoms with Crippen molar-refractivity contribution in [2.24, 2.45) is 0 Å². The van der Waals surface area contributed by atoms with Crippen molar-refractivity contribution >= 4 is 23.3 Å². The van der Waals surface area contributed by atoms with E-state index in [0.29, 0.717) is 48.7 Å². The molecule has 0 atom stereocenters. The highest BCUT2D eigenvalue weighted by atomic mass is 35.5. The Morgan fingerprint density at radius 3 is 2.67 bits per heavy atom. The first-order chi connectivity index (χ1) is 11.4. The Balaban J connectivity index is 1.82. The van der Waals surface area contributed by atoms with Crippen LogP contribution in [-0.2, 0) is 9.53 Å². The Kier molecular flexibility index (Phi) is 4.58. The molecule has 6 heteroatoms. The topological polar surface area (TPSA) is 55.8 Å². The predicted octanol–water partition coefficient (Wildman–Crippen LogP) is 2.93. The van der Waals surface area contributed by atoms with Crippen molar-refractivity contribution in [3.8, 4) is 5.75 Å². The van der Waals surface area contributed by atoms with Crippen LogP contribution < -0.4 is 4.74 Å². The van der Waals surface area contributed by atoms with E-state index in [9.17, 15) is 9.59 Å². The molecular weight excluding hydrogens is 330 g/mol. The van der Waals surface area contributed by atoms with Crippen LogP contribution in [0.15, 0.2) is 6.07 Å². The van der Waals surface area contributed by atoms with Crippen molar-refractivity contribution in [1.82, 2.24) is 4.90 Å². The van der Waals surface area contributed by atoms with Crippen molar-refractivity contribution in [3.63, 3.8) is 0 Å². The maximum atomic E-state index is 12.7. The number of carbonyl (C=O) groups excluding carboxylic acids is 2. The largest absolute Gasteiger partial charge is 0.486 e. The van der Waals surface area contributed by atoms with Gasteiger partial charge in [0.05, 0.1) is 12.0 Å². The van der Waals surface area contributed by atoms with Crippen LogP contribution in [0.5, 0.6) is 5.75 Å². The molecule has 24 heavy (non-hydrogen) atoms. The molecule has 130 valence electrons. The van der Waals surface area contributed by atoms with Gasteiger partial charge in [-0.25, -0.2) is 0 Å². The van der Waals surface area contributed by atoms with Gasteiger partial charge >= 0.3 is 0 Å². The van der Waals surface area contributed by atoms with Gasteiger partial charge in [0.1, 0.15) is 18.0 Å². The van der Waals surface area contributed by atoms with E-state index in [2.05, 4.69) is 0 Å². The summed E-state index contributed by atoms with van der Waals surface area (Å²) in [5.74, 6) is 0.683. The van der Waals surface area contributed by atoms with Crippen LogP contribution in [0.2, 0.25) is 5.02 Å². The van der Waals surface area contributed by atoms with Crippen LogP contribution in [0.3, 0.4) is 0 Å². The van der Waals surface area contributed by atoms with Gasteiger partial charge in [0.25, 0.3) is 0 Å². The number of nitrogens with zero attached hydrogens (tertiary/aromatic N) is 1. The van der Waals surface area contributed by atoms with E-state index in [-0.39, 0.29) is 18.3 Å². The lowest BCUT2D eigenvalue weighted by molar-refractivity contribution is -0.138. The Morgan fingerprint density at radius 1 is 1.38 bits per heavy atom. The van der Waals surface area contributed by atoms with E-state index in [1.54, 1.807) is 4.90 Å². The molecule has 2 aliphatic heterocycles. The number of rotatable bonds is 2. The number of hydrogen-bond acceptors (Lipinski definition) is 4. The molecule has 0 unspecified atom stereocenters. The second-order valence-corrected chi connectivity index (χ2v) is 7.08. The third-order valence-electron chi connectivity index (χ3n) is 5.03. The summed E-state index contributed by atoms with van der Waals surface area (Å²) in [7, 11) is 1.51. The molecule has 5 nitrogen and oxygen atoms in total. The maximum absolute atomic E-state index is 12.7. The third-order valence-corrected chi connectivity index (χ3v) is 5.61. The van der Waals surface area contributed by atoms with Crippen molar-refractivity contribution in [2.45, 2.75) is 38.7 Å². The first-order valence-electron chi connectivity index (χ1n) is 8.15. The summed E-state index contributed by atoms with van der Waals surface area (Å²) in [6.07, 6.45) is 1.63. The number of carbonyl (C=O) groups is 2. The van der Waals surface area contributed by atoms with E-state index in [4.69, 9.17) is 21.1 Å². The number of aryl methyl sites for hydroxylation is 1. The van der Waals surface area contributed by atoms with E-state index in [1.807, 2.05) is 19.9 Å². The molecule has 1 amide bonds. The normalized spacial score (nSPS) is 19.2. The fourth-order valence-electron chi connectivity index (χ4n) is 3.66. The Morgan fingerprint density at radius 2 is 2.04 bits per heavy atom. The lowest BCUT2D eigenvalue weighted by Gasteiger charge is -2.44. The fourth-order valence-corrected chi connectivity index (χ4v) is 3.81. The number of piperidine rings is 1. The number of methoxy groups -OCH3 is 1. The van der Waals surface area contributed by atoms with Gasteiger partial charge in [0.2, 0.25) is 5.91 Å². The molecule has 0 N–H and O–H groups in total. The number of fused-ring (bicyclic) bond motifs is 1. The number of ketones is 1. The van der Waals surface area contributed by atoms with Crippen LogP contribution >= 0.6 is 11.6 Å². The molecule has 0 bridgehead atoms. The monoisotopic (exact) mass is 351 g/mol. The fraction of sp³-hybridized carbons (Fsp3) is 0.556. The van der Waals surface area contributed by atoms with Gasteiger partial charge in [0, 0.05) is 38.1 Å². The van der Waals surface area contributed by atoms with Crippen LogP contribution in [-0.4, -0.2) is 49.0 Å². The molecule has 0 saturated carbocycles. The first kappa shape index (κ1) is 17.2.